The van der Waals surface area contributed by atoms with Gasteiger partial charge in [-0.25, -0.2) is 22.8 Å². The van der Waals surface area contributed by atoms with Gasteiger partial charge in [0.25, 0.3) is 0 Å². The van der Waals surface area contributed by atoms with Crippen LogP contribution in [0.3, 0.4) is 0 Å². The highest BCUT2D eigenvalue weighted by molar-refractivity contribution is 6.00. The first-order valence-electron chi connectivity index (χ1n) is 8.39. The molecule has 0 aliphatic heterocycles. The van der Waals surface area contributed by atoms with E-state index in [9.17, 15) is 4.79 Å². The smallest absolute Gasteiger partial charge is 0.294 e. The fraction of sp³-hybridized carbons (Fsp3) is 0.318. The minimum absolute atomic E-state index is 0.0527. The van der Waals surface area contributed by atoms with E-state index in [2.05, 4.69) is 16.3 Å². The van der Waals surface area contributed by atoms with Gasteiger partial charge in [0, 0.05) is 0 Å². The molecule has 1 aliphatic rings. The third kappa shape index (κ3) is 3.62. The Labute approximate surface area is 150 Å². The van der Waals surface area contributed by atoms with Gasteiger partial charge in [-0.3, -0.25) is 4.79 Å². The number of allylic oxidation sites excluding steroid dienone is 2. The number of benzene rings is 1. The van der Waals surface area contributed by atoms with Gasteiger partial charge in [0.1, 0.15) is 12.0 Å². The molecule has 1 aromatic carbocycles. The number of rotatable bonds is 6. The molecule has 1 aromatic rings. The molecule has 0 radical (unpaired) electrons. The minimum atomic E-state index is -1.35. The average Bonchev–Trinajstić information content (AvgIpc) is 2.65. The molecule has 2 rings (SSSR count). The number of hydrogen-bond acceptors (Lipinski definition) is 1. The van der Waals surface area contributed by atoms with Crippen molar-refractivity contribution < 1.29 is 4.79 Å². The molecule has 0 amide bonds. The molecule has 0 fully saturated rings. The lowest BCUT2D eigenvalue weighted by Gasteiger charge is -2.33. The molecule has 1 atom stereocenters. The zero-order valence-electron chi connectivity index (χ0n) is 14.5. The fourth-order valence-corrected chi connectivity index (χ4v) is 3.39. The van der Waals surface area contributed by atoms with Crippen molar-refractivity contribution in [1.82, 2.24) is 0 Å². The summed E-state index contributed by atoms with van der Waals surface area (Å²) in [6.45, 7) is 20.7. The summed E-state index contributed by atoms with van der Waals surface area (Å²) >= 11 is 0. The third-order valence-electron chi connectivity index (χ3n) is 4.82. The van der Waals surface area contributed by atoms with E-state index >= 15 is 0 Å². The van der Waals surface area contributed by atoms with Crippen molar-refractivity contribution in [1.29, 1.82) is 0 Å². The van der Waals surface area contributed by atoms with E-state index in [0.717, 1.165) is 18.4 Å². The predicted molar refractivity (Wildman–Crippen MR) is 101 cm³/mol. The van der Waals surface area contributed by atoms with E-state index < -0.39 is 11.1 Å². The van der Waals surface area contributed by atoms with Gasteiger partial charge >= 0.3 is 5.66 Å². The normalized spacial score (nSPS) is 20.4. The van der Waals surface area contributed by atoms with Crippen LogP contribution in [0.1, 0.15) is 38.2 Å². The van der Waals surface area contributed by atoms with Crippen LogP contribution in [-0.4, -0.2) is 11.4 Å². The van der Waals surface area contributed by atoms with Gasteiger partial charge in [0.2, 0.25) is 0 Å². The Bertz CT molecular complexity index is 776. The topological polar surface area (TPSA) is 25.8 Å². The van der Waals surface area contributed by atoms with Crippen molar-refractivity contribution in [3.05, 3.63) is 89.1 Å². The van der Waals surface area contributed by atoms with Gasteiger partial charge in [-0.05, 0) is 37.8 Å². The Kier molecular flexibility index (Phi) is 5.73. The molecule has 1 aliphatic carbocycles. The molecule has 0 aromatic heterocycles. The van der Waals surface area contributed by atoms with Crippen LogP contribution in [0.4, 0.5) is 0 Å². The molecule has 126 valence electrons. The fourth-order valence-electron chi connectivity index (χ4n) is 3.39. The molecular weight excluding hydrogens is 308 g/mol. The molecule has 25 heavy (non-hydrogen) atoms. The van der Waals surface area contributed by atoms with E-state index in [1.54, 1.807) is 18.2 Å². The van der Waals surface area contributed by atoms with Crippen molar-refractivity contribution >= 4 is 11.9 Å². The molecule has 0 saturated heterocycles. The van der Waals surface area contributed by atoms with Crippen molar-refractivity contribution in [2.24, 2.45) is 5.41 Å². The summed E-state index contributed by atoms with van der Waals surface area (Å²) in [7, 11) is 0. The van der Waals surface area contributed by atoms with Crippen LogP contribution < -0.4 is 0 Å². The summed E-state index contributed by atoms with van der Waals surface area (Å²) in [6, 6.07) is 9.64. The molecule has 0 N–H and O–H groups in total. The molecule has 0 saturated carbocycles. The van der Waals surface area contributed by atoms with Crippen LogP contribution in [0.25, 0.3) is 15.8 Å². The summed E-state index contributed by atoms with van der Waals surface area (Å²) in [6.07, 6.45) is 9.47. The van der Waals surface area contributed by atoms with Crippen molar-refractivity contribution in [3.8, 4) is 0 Å². The Hall–Kier alpha value is -2.91. The number of carbonyl (C=O) groups is 1. The Balaban J connectivity index is 2.41. The molecule has 0 spiro atoms. The van der Waals surface area contributed by atoms with Crippen LogP contribution in [0.5, 0.6) is 0 Å². The van der Waals surface area contributed by atoms with E-state index in [1.165, 1.54) is 0 Å². The maximum atomic E-state index is 13.0. The lowest BCUT2D eigenvalue weighted by atomic mass is 9.66. The predicted octanol–water partition coefficient (Wildman–Crippen LogP) is 5.50. The zero-order valence-corrected chi connectivity index (χ0v) is 14.5. The monoisotopic (exact) mass is 330 g/mol. The summed E-state index contributed by atoms with van der Waals surface area (Å²) in [5.74, 6) is -0.0527. The van der Waals surface area contributed by atoms with E-state index in [0.29, 0.717) is 12.0 Å². The summed E-state index contributed by atoms with van der Waals surface area (Å²) < 4.78 is 0. The van der Waals surface area contributed by atoms with Gasteiger partial charge < -0.3 is 0 Å². The lowest BCUT2D eigenvalue weighted by Crippen LogP contribution is -2.40. The highest BCUT2D eigenvalue weighted by Gasteiger charge is 2.57. The second-order valence-corrected chi connectivity index (χ2v) is 6.48. The quantitative estimate of drug-likeness (QED) is 0.384. The van der Waals surface area contributed by atoms with Crippen LogP contribution >= 0.6 is 0 Å². The number of hydrogen-bond donors (Lipinski definition) is 0. The molecule has 0 heterocycles. The summed E-state index contributed by atoms with van der Waals surface area (Å²) in [5.41, 5.74) is -0.582. The van der Waals surface area contributed by atoms with Gasteiger partial charge in [-0.15, -0.1) is 6.58 Å². The zero-order chi connectivity index (χ0) is 18.3. The Morgan fingerprint density at radius 3 is 2.60 bits per heavy atom. The van der Waals surface area contributed by atoms with Crippen LogP contribution in [-0.2, 0) is 4.79 Å². The largest absolute Gasteiger partial charge is 0.510 e. The highest BCUT2D eigenvalue weighted by atomic mass is 16.1. The van der Waals surface area contributed by atoms with E-state index in [-0.39, 0.29) is 12.2 Å². The summed E-state index contributed by atoms with van der Waals surface area (Å²) in [4.78, 5) is 20.3. The minimum Gasteiger partial charge on any atom is -0.294 e. The van der Waals surface area contributed by atoms with E-state index in [4.69, 9.17) is 13.1 Å². The van der Waals surface area contributed by atoms with Crippen LogP contribution in [0.15, 0.2) is 60.7 Å². The third-order valence-corrected chi connectivity index (χ3v) is 4.82. The van der Waals surface area contributed by atoms with Crippen molar-refractivity contribution in [3.63, 3.8) is 0 Å². The number of nitrogens with zero attached hydrogens (tertiary/aromatic N) is 2. The van der Waals surface area contributed by atoms with Crippen LogP contribution in [0.2, 0.25) is 0 Å². The summed E-state index contributed by atoms with van der Waals surface area (Å²) in [5, 5.41) is 0. The lowest BCUT2D eigenvalue weighted by molar-refractivity contribution is -0.122. The maximum absolute atomic E-state index is 13.0. The van der Waals surface area contributed by atoms with Gasteiger partial charge in [-0.1, -0.05) is 48.6 Å². The molecule has 3 nitrogen and oxygen atoms in total. The Morgan fingerprint density at radius 2 is 2.00 bits per heavy atom. The van der Waals surface area contributed by atoms with Crippen LogP contribution in [0, 0.1) is 18.6 Å². The first-order valence-corrected chi connectivity index (χ1v) is 8.39. The molecule has 0 bridgehead atoms. The SMILES string of the molecule is [C-]#[N+]C(CC=C)([N+]#[C-])C1=CCCCC1(C)C(=O)/C=C/c1ccccc1. The van der Waals surface area contributed by atoms with Crippen molar-refractivity contribution in [2.45, 2.75) is 38.3 Å². The molecular formula is C22H22N2O. The number of carbonyl (C=O) groups excluding carboxylic acids is 1. The second kappa shape index (κ2) is 7.77. The second-order valence-electron chi connectivity index (χ2n) is 6.48. The number of ketones is 1. The standard InChI is InChI=1S/C22H22N2O/c1-5-16-22(23-3,24-4)19-13-9-10-17-21(19,2)20(25)15-14-18-11-7-6-8-12-18/h5-8,11-15H,1,9-10,16-17H2,2H3/b15-14+. The molecule has 1 unspecified atom stereocenters. The first kappa shape index (κ1) is 18.4. The Morgan fingerprint density at radius 1 is 1.32 bits per heavy atom. The molecule has 3 heteroatoms. The average molecular weight is 330 g/mol. The van der Waals surface area contributed by atoms with Gasteiger partial charge in [0.05, 0.1) is 5.41 Å². The van der Waals surface area contributed by atoms with Gasteiger partial charge in [-0.2, -0.15) is 0 Å². The van der Waals surface area contributed by atoms with Crippen molar-refractivity contribution in [2.75, 3.05) is 0 Å². The first-order chi connectivity index (χ1) is 12.0. The highest BCUT2D eigenvalue weighted by Crippen LogP contribution is 2.47. The van der Waals surface area contributed by atoms with Gasteiger partial charge in [0.15, 0.2) is 5.78 Å². The maximum Gasteiger partial charge on any atom is 0.510 e. The van der Waals surface area contributed by atoms with E-state index in [1.807, 2.05) is 43.3 Å².